The average molecular weight is 206 g/mol. The highest BCUT2D eigenvalue weighted by atomic mass is 16.2. The van der Waals surface area contributed by atoms with Crippen LogP contribution in [0.5, 0.6) is 0 Å². The summed E-state index contributed by atoms with van der Waals surface area (Å²) in [6.45, 7) is 1.77. The van der Waals surface area contributed by atoms with Crippen molar-refractivity contribution in [3.63, 3.8) is 0 Å². The Balaban J connectivity index is 1.95. The lowest BCUT2D eigenvalue weighted by Gasteiger charge is -2.40. The van der Waals surface area contributed by atoms with Crippen LogP contribution in [-0.4, -0.2) is 29.5 Å². The number of hydrogen-bond acceptors (Lipinski definition) is 3. The summed E-state index contributed by atoms with van der Waals surface area (Å²) in [5.74, 6) is 1.02. The smallest absolute Gasteiger partial charge is 0.250 e. The number of carbonyl (C=O) groups is 1. The van der Waals surface area contributed by atoms with E-state index < -0.39 is 5.54 Å². The minimum absolute atomic E-state index is 0.0936. The summed E-state index contributed by atoms with van der Waals surface area (Å²) in [4.78, 5) is 15.1. The van der Waals surface area contributed by atoms with Gasteiger partial charge >= 0.3 is 0 Å². The zero-order valence-electron chi connectivity index (χ0n) is 8.39. The first kappa shape index (κ1) is 8.79. The molecule has 1 aromatic rings. The van der Waals surface area contributed by atoms with E-state index in [-0.39, 0.29) is 5.91 Å². The third-order valence-corrected chi connectivity index (χ3v) is 3.25. The monoisotopic (exact) mass is 206 g/mol. The summed E-state index contributed by atoms with van der Waals surface area (Å²) in [6, 6.07) is 1.87. The van der Waals surface area contributed by atoms with Crippen molar-refractivity contribution in [2.75, 3.05) is 23.7 Å². The van der Waals surface area contributed by atoms with Crippen molar-refractivity contribution in [2.24, 2.45) is 0 Å². The molecule has 0 aromatic carbocycles. The number of rotatable bonds is 0. The molecule has 15 heavy (non-hydrogen) atoms. The van der Waals surface area contributed by atoms with E-state index in [1.165, 1.54) is 0 Å². The molecule has 1 saturated heterocycles. The first-order chi connectivity index (χ1) is 7.30. The first-order valence-electron chi connectivity index (χ1n) is 5.28. The Morgan fingerprint density at radius 2 is 2.07 bits per heavy atom. The van der Waals surface area contributed by atoms with Crippen molar-refractivity contribution in [3.8, 4) is 0 Å². The number of aromatic nitrogens is 1. The van der Waals surface area contributed by atoms with Gasteiger partial charge in [0, 0.05) is 6.20 Å². The minimum atomic E-state index is -0.414. The molecule has 1 amide bonds. The van der Waals surface area contributed by atoms with E-state index in [1.807, 2.05) is 12.3 Å². The van der Waals surface area contributed by atoms with E-state index in [9.17, 15) is 4.79 Å². The van der Waals surface area contributed by atoms with Gasteiger partial charge in [-0.25, -0.2) is 0 Å². The van der Waals surface area contributed by atoms with Crippen LogP contribution in [0.1, 0.15) is 12.8 Å². The number of nitrogens with one attached hydrogen (secondary N) is 4. The van der Waals surface area contributed by atoms with Gasteiger partial charge in [-0.05, 0) is 32.0 Å². The zero-order chi connectivity index (χ0) is 10.3. The highest BCUT2D eigenvalue weighted by Gasteiger charge is 2.43. The molecule has 0 aliphatic carbocycles. The van der Waals surface area contributed by atoms with Crippen LogP contribution >= 0.6 is 0 Å². The third kappa shape index (κ3) is 1.23. The molecule has 0 radical (unpaired) electrons. The number of H-pyrrole nitrogens is 1. The van der Waals surface area contributed by atoms with Gasteiger partial charge in [0.05, 0.1) is 5.69 Å². The highest BCUT2D eigenvalue weighted by molar-refractivity contribution is 6.05. The molecular weight excluding hydrogens is 192 g/mol. The van der Waals surface area contributed by atoms with Gasteiger partial charge in [0.1, 0.15) is 11.4 Å². The zero-order valence-corrected chi connectivity index (χ0v) is 8.39. The molecule has 0 saturated carbocycles. The molecule has 80 valence electrons. The molecule has 3 rings (SSSR count). The second kappa shape index (κ2) is 3.00. The number of aromatic amines is 1. The average Bonchev–Trinajstić information content (AvgIpc) is 2.67. The van der Waals surface area contributed by atoms with Gasteiger partial charge in [0.15, 0.2) is 0 Å². The maximum absolute atomic E-state index is 12.0. The summed E-state index contributed by atoms with van der Waals surface area (Å²) in [5, 5.41) is 9.54. The molecule has 2 aliphatic rings. The Kier molecular flexibility index (Phi) is 1.76. The topological polar surface area (TPSA) is 69.0 Å². The Morgan fingerprint density at radius 1 is 1.27 bits per heavy atom. The van der Waals surface area contributed by atoms with Crippen molar-refractivity contribution >= 4 is 17.4 Å². The van der Waals surface area contributed by atoms with E-state index in [4.69, 9.17) is 0 Å². The van der Waals surface area contributed by atoms with E-state index in [2.05, 4.69) is 20.9 Å². The number of hydrogen-bond donors (Lipinski definition) is 4. The Morgan fingerprint density at radius 3 is 2.87 bits per heavy atom. The lowest BCUT2D eigenvalue weighted by atomic mass is 9.86. The van der Waals surface area contributed by atoms with Crippen molar-refractivity contribution in [1.29, 1.82) is 0 Å². The van der Waals surface area contributed by atoms with Crippen LogP contribution < -0.4 is 16.0 Å². The summed E-state index contributed by atoms with van der Waals surface area (Å²) < 4.78 is 0. The van der Waals surface area contributed by atoms with Crippen LogP contribution in [0.15, 0.2) is 12.3 Å². The minimum Gasteiger partial charge on any atom is -0.356 e. The van der Waals surface area contributed by atoms with Gasteiger partial charge in [-0.3, -0.25) is 4.79 Å². The fourth-order valence-corrected chi connectivity index (χ4v) is 2.32. The first-order valence-corrected chi connectivity index (χ1v) is 5.28. The second-order valence-electron chi connectivity index (χ2n) is 4.18. The standard InChI is InChI=1S/C10H14N4O/c15-9-10(2-5-11-6-3-10)14-8-7(13-9)1-4-12-8/h1,4,11-12,14H,2-3,5-6H2,(H,13,15). The van der Waals surface area contributed by atoms with Crippen molar-refractivity contribution in [3.05, 3.63) is 12.3 Å². The maximum Gasteiger partial charge on any atom is 0.250 e. The number of piperidine rings is 1. The Hall–Kier alpha value is -1.49. The summed E-state index contributed by atoms with van der Waals surface area (Å²) in [6.07, 6.45) is 3.49. The molecule has 4 N–H and O–H groups in total. The van der Waals surface area contributed by atoms with Gasteiger partial charge in [-0.15, -0.1) is 0 Å². The number of amides is 1. The van der Waals surface area contributed by atoms with Gasteiger partial charge in [0.2, 0.25) is 5.91 Å². The lowest BCUT2D eigenvalue weighted by molar-refractivity contribution is -0.121. The quantitative estimate of drug-likeness (QED) is 0.499. The molecule has 5 heteroatoms. The van der Waals surface area contributed by atoms with Gasteiger partial charge < -0.3 is 20.9 Å². The molecule has 0 unspecified atom stereocenters. The number of fused-ring (bicyclic) bond motifs is 1. The molecule has 1 aromatic heterocycles. The molecule has 5 nitrogen and oxygen atoms in total. The van der Waals surface area contributed by atoms with Crippen LogP contribution in [0.4, 0.5) is 11.5 Å². The summed E-state index contributed by atoms with van der Waals surface area (Å²) >= 11 is 0. The Labute approximate surface area is 87.6 Å². The summed E-state index contributed by atoms with van der Waals surface area (Å²) in [5.41, 5.74) is 0.437. The van der Waals surface area contributed by atoms with E-state index in [0.717, 1.165) is 37.4 Å². The summed E-state index contributed by atoms with van der Waals surface area (Å²) in [7, 11) is 0. The highest BCUT2D eigenvalue weighted by Crippen LogP contribution is 2.33. The second-order valence-corrected chi connectivity index (χ2v) is 4.18. The van der Waals surface area contributed by atoms with Crippen LogP contribution in [0.2, 0.25) is 0 Å². The predicted molar refractivity (Wildman–Crippen MR) is 57.9 cm³/mol. The lowest BCUT2D eigenvalue weighted by Crippen LogP contribution is -2.57. The molecular formula is C10H14N4O. The van der Waals surface area contributed by atoms with E-state index >= 15 is 0 Å². The van der Waals surface area contributed by atoms with Crippen molar-refractivity contribution in [2.45, 2.75) is 18.4 Å². The largest absolute Gasteiger partial charge is 0.356 e. The van der Waals surface area contributed by atoms with Gasteiger partial charge in [0.25, 0.3) is 0 Å². The molecule has 0 bridgehead atoms. The fourth-order valence-electron chi connectivity index (χ4n) is 2.32. The predicted octanol–water partition coefficient (Wildman–Crippen LogP) is 0.501. The van der Waals surface area contributed by atoms with Crippen molar-refractivity contribution < 1.29 is 4.79 Å². The number of carbonyl (C=O) groups excluding carboxylic acids is 1. The SMILES string of the molecule is O=C1Nc2cc[nH]c2NC12CCNCC2. The van der Waals surface area contributed by atoms with Crippen LogP contribution in [0.3, 0.4) is 0 Å². The normalized spacial score (nSPS) is 23.1. The van der Waals surface area contributed by atoms with Crippen LogP contribution in [-0.2, 0) is 4.79 Å². The van der Waals surface area contributed by atoms with Gasteiger partial charge in [-0.1, -0.05) is 0 Å². The third-order valence-electron chi connectivity index (χ3n) is 3.25. The fraction of sp³-hybridized carbons (Fsp3) is 0.500. The molecule has 0 atom stereocenters. The van der Waals surface area contributed by atoms with Gasteiger partial charge in [-0.2, -0.15) is 0 Å². The molecule has 2 aliphatic heterocycles. The maximum atomic E-state index is 12.0. The van der Waals surface area contributed by atoms with Crippen molar-refractivity contribution in [1.82, 2.24) is 10.3 Å². The Bertz CT molecular complexity index is 392. The van der Waals surface area contributed by atoms with Crippen LogP contribution in [0, 0.1) is 0 Å². The molecule has 1 spiro atoms. The van der Waals surface area contributed by atoms with E-state index in [1.54, 1.807) is 0 Å². The van der Waals surface area contributed by atoms with E-state index in [0.29, 0.717) is 0 Å². The molecule has 1 fully saturated rings. The number of anilines is 2. The molecule has 3 heterocycles. The van der Waals surface area contributed by atoms with Crippen LogP contribution in [0.25, 0.3) is 0 Å².